The van der Waals surface area contributed by atoms with Gasteiger partial charge in [0.1, 0.15) is 0 Å². The predicted molar refractivity (Wildman–Crippen MR) is 45.9 cm³/mol. The SMILES string of the molecule is CCCC=C(N)C(=O)N(C)C. The van der Waals surface area contributed by atoms with Crippen molar-refractivity contribution in [3.8, 4) is 0 Å². The smallest absolute Gasteiger partial charge is 0.268 e. The highest BCUT2D eigenvalue weighted by Gasteiger charge is 2.05. The Morgan fingerprint density at radius 3 is 2.45 bits per heavy atom. The summed E-state index contributed by atoms with van der Waals surface area (Å²) in [5, 5.41) is 0. The molecule has 0 radical (unpaired) electrons. The maximum Gasteiger partial charge on any atom is 0.268 e. The third-order valence-corrected chi connectivity index (χ3v) is 1.31. The molecule has 0 aromatic rings. The Bertz CT molecular complexity index is 161. The zero-order chi connectivity index (χ0) is 8.85. The Morgan fingerprint density at radius 1 is 1.55 bits per heavy atom. The van der Waals surface area contributed by atoms with Crippen LogP contribution in [0.25, 0.3) is 0 Å². The van der Waals surface area contributed by atoms with Gasteiger partial charge in [0.05, 0.1) is 5.70 Å². The molecule has 0 saturated carbocycles. The summed E-state index contributed by atoms with van der Waals surface area (Å²) in [5.74, 6) is -0.113. The van der Waals surface area contributed by atoms with Gasteiger partial charge >= 0.3 is 0 Å². The first kappa shape index (κ1) is 10.0. The molecule has 3 heteroatoms. The zero-order valence-electron chi connectivity index (χ0n) is 7.42. The minimum absolute atomic E-state index is 0.113. The average molecular weight is 156 g/mol. The summed E-state index contributed by atoms with van der Waals surface area (Å²) in [6, 6.07) is 0. The second-order valence-corrected chi connectivity index (χ2v) is 2.65. The van der Waals surface area contributed by atoms with Gasteiger partial charge in [0.15, 0.2) is 0 Å². The number of carbonyl (C=O) groups is 1. The molecule has 0 aliphatic heterocycles. The van der Waals surface area contributed by atoms with Gasteiger partial charge < -0.3 is 10.6 Å². The number of allylic oxidation sites excluding steroid dienone is 1. The van der Waals surface area contributed by atoms with E-state index >= 15 is 0 Å². The molecule has 0 aromatic carbocycles. The van der Waals surface area contributed by atoms with Crippen LogP contribution in [0.3, 0.4) is 0 Å². The second kappa shape index (κ2) is 4.77. The number of nitrogens with zero attached hydrogens (tertiary/aromatic N) is 1. The van der Waals surface area contributed by atoms with E-state index in [2.05, 4.69) is 0 Å². The summed E-state index contributed by atoms with van der Waals surface area (Å²) < 4.78 is 0. The molecule has 0 saturated heterocycles. The predicted octanol–water partition coefficient (Wildman–Crippen LogP) is 0.717. The Hall–Kier alpha value is -0.990. The molecule has 0 bridgehead atoms. The number of hydrogen-bond donors (Lipinski definition) is 1. The summed E-state index contributed by atoms with van der Waals surface area (Å²) in [5.41, 5.74) is 5.82. The van der Waals surface area contributed by atoms with Crippen molar-refractivity contribution in [1.82, 2.24) is 4.90 Å². The van der Waals surface area contributed by atoms with Crippen LogP contribution >= 0.6 is 0 Å². The second-order valence-electron chi connectivity index (χ2n) is 2.65. The van der Waals surface area contributed by atoms with E-state index in [4.69, 9.17) is 5.73 Å². The number of amides is 1. The number of hydrogen-bond acceptors (Lipinski definition) is 2. The molecule has 0 aromatic heterocycles. The largest absolute Gasteiger partial charge is 0.395 e. The monoisotopic (exact) mass is 156 g/mol. The Balaban J connectivity index is 4.01. The number of unbranched alkanes of at least 4 members (excludes halogenated alkanes) is 1. The summed E-state index contributed by atoms with van der Waals surface area (Å²) in [4.78, 5) is 12.6. The number of nitrogens with two attached hydrogens (primary N) is 1. The van der Waals surface area contributed by atoms with Gasteiger partial charge in [-0.2, -0.15) is 0 Å². The van der Waals surface area contributed by atoms with Crippen LogP contribution in [0, 0.1) is 0 Å². The van der Waals surface area contributed by atoms with Crippen molar-refractivity contribution in [3.63, 3.8) is 0 Å². The molecular weight excluding hydrogens is 140 g/mol. The molecular formula is C8H16N2O. The van der Waals surface area contributed by atoms with E-state index in [1.807, 2.05) is 6.92 Å². The van der Waals surface area contributed by atoms with E-state index in [1.165, 1.54) is 4.90 Å². The minimum atomic E-state index is -0.113. The van der Waals surface area contributed by atoms with Gasteiger partial charge in [-0.05, 0) is 6.42 Å². The Labute approximate surface area is 67.9 Å². The highest BCUT2D eigenvalue weighted by atomic mass is 16.2. The molecule has 0 unspecified atom stereocenters. The fraction of sp³-hybridized carbons (Fsp3) is 0.625. The van der Waals surface area contributed by atoms with Crippen LogP contribution in [-0.2, 0) is 4.79 Å². The first-order valence-electron chi connectivity index (χ1n) is 3.76. The topological polar surface area (TPSA) is 46.3 Å². The van der Waals surface area contributed by atoms with Crippen molar-refractivity contribution < 1.29 is 4.79 Å². The van der Waals surface area contributed by atoms with Crippen molar-refractivity contribution in [2.24, 2.45) is 5.73 Å². The molecule has 0 fully saturated rings. The Morgan fingerprint density at radius 2 is 2.09 bits per heavy atom. The van der Waals surface area contributed by atoms with Crippen molar-refractivity contribution in [3.05, 3.63) is 11.8 Å². The van der Waals surface area contributed by atoms with Crippen LogP contribution in [0.15, 0.2) is 11.8 Å². The summed E-state index contributed by atoms with van der Waals surface area (Å²) in [7, 11) is 3.38. The fourth-order valence-electron chi connectivity index (χ4n) is 0.645. The fourth-order valence-corrected chi connectivity index (χ4v) is 0.645. The molecule has 0 spiro atoms. The normalized spacial score (nSPS) is 11.4. The number of rotatable bonds is 3. The molecule has 0 atom stereocenters. The van der Waals surface area contributed by atoms with Gasteiger partial charge in [0, 0.05) is 14.1 Å². The Kier molecular flexibility index (Phi) is 4.34. The van der Waals surface area contributed by atoms with Gasteiger partial charge in [0.2, 0.25) is 0 Å². The van der Waals surface area contributed by atoms with E-state index < -0.39 is 0 Å². The van der Waals surface area contributed by atoms with Crippen molar-refractivity contribution >= 4 is 5.91 Å². The van der Waals surface area contributed by atoms with E-state index in [9.17, 15) is 4.79 Å². The van der Waals surface area contributed by atoms with Gasteiger partial charge in [-0.15, -0.1) is 0 Å². The molecule has 0 heterocycles. The van der Waals surface area contributed by atoms with E-state index in [0.717, 1.165) is 12.8 Å². The average Bonchev–Trinajstić information content (AvgIpc) is 1.98. The van der Waals surface area contributed by atoms with Crippen LogP contribution in [-0.4, -0.2) is 24.9 Å². The number of carbonyl (C=O) groups excluding carboxylic acids is 1. The quantitative estimate of drug-likeness (QED) is 0.612. The molecule has 64 valence electrons. The lowest BCUT2D eigenvalue weighted by molar-refractivity contribution is -0.124. The van der Waals surface area contributed by atoms with Crippen LogP contribution in [0.1, 0.15) is 19.8 Å². The van der Waals surface area contributed by atoms with Crippen molar-refractivity contribution in [2.75, 3.05) is 14.1 Å². The van der Waals surface area contributed by atoms with Crippen molar-refractivity contribution in [1.29, 1.82) is 0 Å². The maximum absolute atomic E-state index is 11.1. The molecule has 0 aliphatic carbocycles. The van der Waals surface area contributed by atoms with Gasteiger partial charge in [-0.3, -0.25) is 4.79 Å². The summed E-state index contributed by atoms with van der Waals surface area (Å²) >= 11 is 0. The van der Waals surface area contributed by atoms with Crippen LogP contribution in [0.4, 0.5) is 0 Å². The lowest BCUT2D eigenvalue weighted by Crippen LogP contribution is -2.27. The molecule has 1 amide bonds. The molecule has 0 aliphatic rings. The third-order valence-electron chi connectivity index (χ3n) is 1.31. The maximum atomic E-state index is 11.1. The first-order valence-corrected chi connectivity index (χ1v) is 3.76. The molecule has 3 nitrogen and oxygen atoms in total. The van der Waals surface area contributed by atoms with Gasteiger partial charge in [-0.25, -0.2) is 0 Å². The molecule has 2 N–H and O–H groups in total. The third kappa shape index (κ3) is 3.65. The summed E-state index contributed by atoms with van der Waals surface area (Å²) in [6.45, 7) is 2.05. The van der Waals surface area contributed by atoms with Gasteiger partial charge in [0.25, 0.3) is 5.91 Å². The summed E-state index contributed by atoms with van der Waals surface area (Å²) in [6.07, 6.45) is 3.65. The molecule has 0 rings (SSSR count). The van der Waals surface area contributed by atoms with E-state index in [-0.39, 0.29) is 5.91 Å². The van der Waals surface area contributed by atoms with Gasteiger partial charge in [-0.1, -0.05) is 19.4 Å². The lowest BCUT2D eigenvalue weighted by Gasteiger charge is -2.09. The highest BCUT2D eigenvalue weighted by molar-refractivity contribution is 5.91. The lowest BCUT2D eigenvalue weighted by atomic mass is 10.2. The number of likely N-dealkylation sites (N-methyl/N-ethyl adjacent to an activating group) is 1. The highest BCUT2D eigenvalue weighted by Crippen LogP contribution is 1.95. The standard InChI is InChI=1S/C8H16N2O/c1-4-5-6-7(9)8(11)10(2)3/h6H,4-5,9H2,1-3H3. The van der Waals surface area contributed by atoms with E-state index in [1.54, 1.807) is 20.2 Å². The first-order chi connectivity index (χ1) is 5.09. The van der Waals surface area contributed by atoms with Crippen LogP contribution < -0.4 is 5.73 Å². The minimum Gasteiger partial charge on any atom is -0.395 e. The van der Waals surface area contributed by atoms with Crippen LogP contribution in [0.5, 0.6) is 0 Å². The van der Waals surface area contributed by atoms with Crippen molar-refractivity contribution in [2.45, 2.75) is 19.8 Å². The zero-order valence-corrected chi connectivity index (χ0v) is 7.42. The van der Waals surface area contributed by atoms with Crippen LogP contribution in [0.2, 0.25) is 0 Å². The van der Waals surface area contributed by atoms with E-state index in [0.29, 0.717) is 5.70 Å². The molecule has 11 heavy (non-hydrogen) atoms.